The van der Waals surface area contributed by atoms with Crippen LogP contribution < -0.4 is 5.32 Å². The van der Waals surface area contributed by atoms with E-state index in [-0.39, 0.29) is 36.3 Å². The molecule has 7 heteroatoms. The van der Waals surface area contributed by atoms with E-state index in [0.29, 0.717) is 15.2 Å². The van der Waals surface area contributed by atoms with Gasteiger partial charge >= 0.3 is 0 Å². The van der Waals surface area contributed by atoms with Crippen LogP contribution in [0.4, 0.5) is 0 Å². The quantitative estimate of drug-likeness (QED) is 0.712. The number of piperazine rings is 1. The summed E-state index contributed by atoms with van der Waals surface area (Å²) in [6.45, 7) is 10.5. The van der Waals surface area contributed by atoms with Crippen molar-refractivity contribution in [1.82, 2.24) is 10.2 Å². The molecule has 1 aromatic rings. The van der Waals surface area contributed by atoms with Gasteiger partial charge in [-0.25, -0.2) is 0 Å². The van der Waals surface area contributed by atoms with Gasteiger partial charge in [-0.3, -0.25) is 4.90 Å². The number of nitrogens with zero attached hydrogens (tertiary/aromatic N) is 1. The lowest BCUT2D eigenvalue weighted by Crippen LogP contribution is -2.48. The Balaban J connectivity index is 0.00000220. The van der Waals surface area contributed by atoms with Crippen LogP contribution in [0.25, 0.3) is 0 Å². The fraction of sp³-hybridized carbons (Fsp3) is 0.600. The number of phenolic OH excluding ortho intramolecular Hbond substituents is 1. The Labute approximate surface area is 158 Å². The topological polar surface area (TPSA) is 35.5 Å². The molecule has 2 N–H and O–H groups in total. The number of nitrogens with one attached hydrogen (secondary N) is 1. The highest BCUT2D eigenvalue weighted by Crippen LogP contribution is 2.45. The first-order chi connectivity index (χ1) is 9.30. The van der Waals surface area contributed by atoms with E-state index >= 15 is 0 Å². The van der Waals surface area contributed by atoms with E-state index in [1.54, 1.807) is 6.07 Å². The summed E-state index contributed by atoms with van der Waals surface area (Å²) in [6, 6.07) is 3.76. The predicted octanol–water partition coefficient (Wildman–Crippen LogP) is 4.64. The number of hydrogen-bond acceptors (Lipinski definition) is 3. The summed E-state index contributed by atoms with van der Waals surface area (Å²) in [5.74, 6) is 0.299. The molecular weight excluding hydrogens is 410 g/mol. The summed E-state index contributed by atoms with van der Waals surface area (Å²) in [7, 11) is 0. The van der Waals surface area contributed by atoms with Gasteiger partial charge in [-0.1, -0.05) is 32.4 Å². The van der Waals surface area contributed by atoms with Crippen LogP contribution in [-0.2, 0) is 0 Å². The minimum absolute atomic E-state index is 0. The second-order valence-corrected chi connectivity index (χ2v) is 7.67. The van der Waals surface area contributed by atoms with E-state index in [1.165, 1.54) is 0 Å². The molecule has 1 aliphatic heterocycles. The Kier molecular flexibility index (Phi) is 9.07. The van der Waals surface area contributed by atoms with Crippen molar-refractivity contribution in [1.29, 1.82) is 0 Å². The second-order valence-electron chi connectivity index (χ2n) is 6.38. The highest BCUT2D eigenvalue weighted by Gasteiger charge is 2.34. The Hall–Kier alpha value is 0.290. The van der Waals surface area contributed by atoms with Gasteiger partial charge in [0.05, 0.1) is 4.47 Å². The largest absolute Gasteiger partial charge is 0.506 e. The third kappa shape index (κ3) is 5.15. The molecular formula is C15H24BrCl3N2O. The van der Waals surface area contributed by atoms with Crippen LogP contribution in [0.5, 0.6) is 5.75 Å². The molecule has 0 unspecified atom stereocenters. The van der Waals surface area contributed by atoms with Gasteiger partial charge in [0.2, 0.25) is 0 Å². The molecule has 3 nitrogen and oxygen atoms in total. The molecule has 0 spiro atoms. The van der Waals surface area contributed by atoms with Crippen molar-refractivity contribution in [3.05, 3.63) is 27.2 Å². The summed E-state index contributed by atoms with van der Waals surface area (Å²) in [5.41, 5.74) is 0.914. The number of phenols is 1. The molecule has 22 heavy (non-hydrogen) atoms. The van der Waals surface area contributed by atoms with Crippen molar-refractivity contribution in [2.24, 2.45) is 5.41 Å². The highest BCUT2D eigenvalue weighted by atomic mass is 79.9. The Morgan fingerprint density at radius 1 is 1.23 bits per heavy atom. The number of aromatic hydroxyl groups is 1. The van der Waals surface area contributed by atoms with Gasteiger partial charge in [0.15, 0.2) is 0 Å². The molecule has 0 aromatic heterocycles. The lowest BCUT2D eigenvalue weighted by Gasteiger charge is -2.43. The minimum Gasteiger partial charge on any atom is -0.506 e. The van der Waals surface area contributed by atoms with Crippen LogP contribution in [-0.4, -0.2) is 36.2 Å². The zero-order chi connectivity index (χ0) is 14.9. The van der Waals surface area contributed by atoms with E-state index in [4.69, 9.17) is 11.6 Å². The second kappa shape index (κ2) is 8.95. The van der Waals surface area contributed by atoms with E-state index in [1.807, 2.05) is 6.07 Å². The maximum Gasteiger partial charge on any atom is 0.134 e. The molecule has 0 amide bonds. The van der Waals surface area contributed by atoms with E-state index in [9.17, 15) is 5.11 Å². The molecule has 1 aromatic carbocycles. The van der Waals surface area contributed by atoms with Crippen LogP contribution in [0.2, 0.25) is 5.02 Å². The SMILES string of the molecule is CC(C)(C)[C@H](c1cc(Cl)cc(Br)c1O)N1CCNCC1.Cl.Cl. The first kappa shape index (κ1) is 22.3. The van der Waals surface area contributed by atoms with Gasteiger partial charge in [-0.2, -0.15) is 0 Å². The fourth-order valence-electron chi connectivity index (χ4n) is 2.95. The van der Waals surface area contributed by atoms with Gasteiger partial charge in [0.25, 0.3) is 0 Å². The zero-order valence-corrected chi connectivity index (χ0v) is 17.0. The smallest absolute Gasteiger partial charge is 0.134 e. The van der Waals surface area contributed by atoms with Crippen molar-refractivity contribution in [2.45, 2.75) is 26.8 Å². The van der Waals surface area contributed by atoms with Crippen molar-refractivity contribution in [2.75, 3.05) is 26.2 Å². The lowest BCUT2D eigenvalue weighted by molar-refractivity contribution is 0.0842. The summed E-state index contributed by atoms with van der Waals surface area (Å²) in [6.07, 6.45) is 0. The number of hydrogen-bond donors (Lipinski definition) is 2. The first-order valence-corrected chi connectivity index (χ1v) is 8.10. The Bertz CT molecular complexity index is 488. The highest BCUT2D eigenvalue weighted by molar-refractivity contribution is 9.10. The summed E-state index contributed by atoms with van der Waals surface area (Å²) < 4.78 is 0.657. The standard InChI is InChI=1S/C15H22BrClN2O.2ClH/c1-15(2,3)14(19-6-4-18-5-7-19)11-8-10(17)9-12(16)13(11)20;;/h8-9,14,18,20H,4-7H2,1-3H3;2*1H/t14-;;/m0../s1. The van der Waals surface area contributed by atoms with Crippen LogP contribution in [0.3, 0.4) is 0 Å². The maximum atomic E-state index is 10.4. The van der Waals surface area contributed by atoms with Gasteiger partial charge in [-0.15, -0.1) is 24.8 Å². The molecule has 0 saturated carbocycles. The molecule has 1 fully saturated rings. The fourth-order valence-corrected chi connectivity index (χ4v) is 3.78. The third-order valence-corrected chi connectivity index (χ3v) is 4.51. The molecule has 0 aliphatic carbocycles. The summed E-state index contributed by atoms with van der Waals surface area (Å²) in [4.78, 5) is 2.42. The molecule has 1 heterocycles. The van der Waals surface area contributed by atoms with Gasteiger partial charge in [-0.05, 0) is 33.5 Å². The van der Waals surface area contributed by atoms with Gasteiger partial charge < -0.3 is 10.4 Å². The molecule has 1 aliphatic rings. The van der Waals surface area contributed by atoms with Gasteiger partial charge in [0.1, 0.15) is 5.75 Å². The first-order valence-electron chi connectivity index (χ1n) is 6.93. The molecule has 1 atom stereocenters. The van der Waals surface area contributed by atoms with Crippen molar-refractivity contribution in [3.8, 4) is 5.75 Å². The molecule has 0 radical (unpaired) electrons. The minimum atomic E-state index is 0. The van der Waals surface area contributed by atoms with E-state index in [0.717, 1.165) is 31.7 Å². The van der Waals surface area contributed by atoms with Crippen molar-refractivity contribution in [3.63, 3.8) is 0 Å². The molecule has 1 saturated heterocycles. The average Bonchev–Trinajstić information content (AvgIpc) is 2.35. The number of halogens is 4. The van der Waals surface area contributed by atoms with Crippen molar-refractivity contribution < 1.29 is 5.11 Å². The molecule has 2 rings (SSSR count). The van der Waals surface area contributed by atoms with Crippen LogP contribution in [0, 0.1) is 5.41 Å². The van der Waals surface area contributed by atoms with Crippen LogP contribution in [0.1, 0.15) is 32.4 Å². The van der Waals surface area contributed by atoms with Crippen molar-refractivity contribution >= 4 is 52.3 Å². The van der Waals surface area contributed by atoms with E-state index in [2.05, 4.69) is 46.9 Å². The van der Waals surface area contributed by atoms with Crippen LogP contribution in [0.15, 0.2) is 16.6 Å². The third-order valence-electron chi connectivity index (χ3n) is 3.69. The predicted molar refractivity (Wildman–Crippen MR) is 102 cm³/mol. The monoisotopic (exact) mass is 432 g/mol. The maximum absolute atomic E-state index is 10.4. The van der Waals surface area contributed by atoms with E-state index < -0.39 is 0 Å². The average molecular weight is 435 g/mol. The number of benzene rings is 1. The zero-order valence-electron chi connectivity index (χ0n) is 13.0. The lowest BCUT2D eigenvalue weighted by atomic mass is 9.80. The molecule has 0 bridgehead atoms. The Morgan fingerprint density at radius 3 is 2.27 bits per heavy atom. The van der Waals surface area contributed by atoms with Gasteiger partial charge in [0, 0.05) is 42.8 Å². The summed E-state index contributed by atoms with van der Waals surface area (Å²) in [5, 5.41) is 14.5. The Morgan fingerprint density at radius 2 is 1.77 bits per heavy atom. The molecule has 128 valence electrons. The normalized spacial score (nSPS) is 17.3. The van der Waals surface area contributed by atoms with Crippen LogP contribution >= 0.6 is 52.3 Å². The summed E-state index contributed by atoms with van der Waals surface area (Å²) >= 11 is 9.57. The number of rotatable bonds is 2.